The smallest absolute Gasteiger partial charge is 0.274 e. The van der Waals surface area contributed by atoms with Crippen molar-refractivity contribution in [3.8, 4) is 0 Å². The molecule has 1 unspecified atom stereocenters. The minimum Gasteiger partial charge on any atom is -0.335 e. The summed E-state index contributed by atoms with van der Waals surface area (Å²) in [7, 11) is 0. The van der Waals surface area contributed by atoms with Crippen LogP contribution in [-0.2, 0) is 0 Å². The van der Waals surface area contributed by atoms with E-state index in [4.69, 9.17) is 0 Å². The number of carbonyl (C=O) groups is 1. The molecule has 22 heavy (non-hydrogen) atoms. The second-order valence-electron chi connectivity index (χ2n) is 6.48. The molecule has 124 valence electrons. The number of hydrogen-bond acceptors (Lipinski definition) is 3. The van der Waals surface area contributed by atoms with E-state index in [9.17, 15) is 4.79 Å². The van der Waals surface area contributed by atoms with Crippen LogP contribution in [0, 0.1) is 0 Å². The molecule has 1 saturated heterocycles. The van der Waals surface area contributed by atoms with Gasteiger partial charge in [0, 0.05) is 25.3 Å². The number of nitrogens with one attached hydrogen (secondary N) is 1. The first-order chi connectivity index (χ1) is 10.6. The van der Waals surface area contributed by atoms with Gasteiger partial charge in [0.05, 0.1) is 6.04 Å². The Bertz CT molecular complexity index is 463. The third-order valence-electron chi connectivity index (χ3n) is 4.36. The molecule has 1 aliphatic rings. The lowest BCUT2D eigenvalue weighted by Crippen LogP contribution is -2.38. The summed E-state index contributed by atoms with van der Waals surface area (Å²) in [6.07, 6.45) is 7.65. The van der Waals surface area contributed by atoms with E-state index < -0.39 is 0 Å². The Morgan fingerprint density at radius 2 is 2.32 bits per heavy atom. The van der Waals surface area contributed by atoms with E-state index in [-0.39, 0.29) is 11.9 Å². The minimum atomic E-state index is 0.0635. The Kier molecular flexibility index (Phi) is 6.43. The standard InChI is InChI=1S/C17H30N4O/c1-4-5-6-11-20(14(2)3)17(22)16-9-12-21(19-16)15-8-7-10-18-13-15/h9,12,14-15,18H,4-8,10-11,13H2,1-3H3. The van der Waals surface area contributed by atoms with Crippen molar-refractivity contribution in [2.75, 3.05) is 19.6 Å². The summed E-state index contributed by atoms with van der Waals surface area (Å²) in [5.41, 5.74) is 0.579. The first kappa shape index (κ1) is 17.0. The van der Waals surface area contributed by atoms with Gasteiger partial charge in [-0.3, -0.25) is 9.48 Å². The molecule has 1 aromatic rings. The molecule has 2 heterocycles. The number of aromatic nitrogens is 2. The quantitative estimate of drug-likeness (QED) is 0.788. The van der Waals surface area contributed by atoms with Crippen molar-refractivity contribution in [2.45, 2.75) is 65.0 Å². The Balaban J connectivity index is 2.01. The van der Waals surface area contributed by atoms with E-state index in [1.807, 2.05) is 21.8 Å². The minimum absolute atomic E-state index is 0.0635. The van der Waals surface area contributed by atoms with Crippen molar-refractivity contribution in [3.63, 3.8) is 0 Å². The number of carbonyl (C=O) groups excluding carboxylic acids is 1. The van der Waals surface area contributed by atoms with Gasteiger partial charge < -0.3 is 10.2 Å². The largest absolute Gasteiger partial charge is 0.335 e. The second-order valence-corrected chi connectivity index (χ2v) is 6.48. The molecule has 0 radical (unpaired) electrons. The number of nitrogens with zero attached hydrogens (tertiary/aromatic N) is 3. The Morgan fingerprint density at radius 3 is 2.95 bits per heavy atom. The molecule has 5 heteroatoms. The molecule has 0 spiro atoms. The lowest BCUT2D eigenvalue weighted by molar-refractivity contribution is 0.0694. The average molecular weight is 306 g/mol. The van der Waals surface area contributed by atoms with E-state index in [1.165, 1.54) is 19.3 Å². The van der Waals surface area contributed by atoms with Gasteiger partial charge in [-0.15, -0.1) is 0 Å². The van der Waals surface area contributed by atoms with Crippen LogP contribution in [-0.4, -0.2) is 46.3 Å². The highest BCUT2D eigenvalue weighted by atomic mass is 16.2. The van der Waals surface area contributed by atoms with Crippen LogP contribution in [0.15, 0.2) is 12.3 Å². The van der Waals surface area contributed by atoms with Crippen molar-refractivity contribution >= 4 is 5.91 Å². The summed E-state index contributed by atoms with van der Waals surface area (Å²) in [5, 5.41) is 7.94. The third kappa shape index (κ3) is 4.32. The summed E-state index contributed by atoms with van der Waals surface area (Å²) < 4.78 is 1.96. The number of piperidine rings is 1. The molecule has 2 rings (SSSR count). The Morgan fingerprint density at radius 1 is 1.50 bits per heavy atom. The molecule has 0 bridgehead atoms. The van der Waals surface area contributed by atoms with E-state index in [1.54, 1.807) is 0 Å². The zero-order valence-corrected chi connectivity index (χ0v) is 14.2. The summed E-state index contributed by atoms with van der Waals surface area (Å²) in [5.74, 6) is 0.0635. The van der Waals surface area contributed by atoms with Crippen LogP contribution in [0.25, 0.3) is 0 Å². The van der Waals surface area contributed by atoms with Crippen LogP contribution < -0.4 is 5.32 Å². The first-order valence-electron chi connectivity index (χ1n) is 8.70. The first-order valence-corrected chi connectivity index (χ1v) is 8.70. The molecule has 1 atom stereocenters. The lowest BCUT2D eigenvalue weighted by Gasteiger charge is -2.26. The summed E-state index contributed by atoms with van der Waals surface area (Å²) in [6, 6.07) is 2.46. The average Bonchev–Trinajstić information content (AvgIpc) is 3.01. The molecule has 1 aromatic heterocycles. The topological polar surface area (TPSA) is 50.2 Å². The van der Waals surface area contributed by atoms with Crippen molar-refractivity contribution < 1.29 is 4.79 Å². The zero-order valence-electron chi connectivity index (χ0n) is 14.2. The monoisotopic (exact) mass is 306 g/mol. The predicted molar refractivity (Wildman–Crippen MR) is 89.1 cm³/mol. The van der Waals surface area contributed by atoms with Crippen LogP contribution in [0.2, 0.25) is 0 Å². The van der Waals surface area contributed by atoms with Crippen LogP contribution >= 0.6 is 0 Å². The predicted octanol–water partition coefficient (Wildman–Crippen LogP) is 2.85. The molecule has 0 saturated carbocycles. The van der Waals surface area contributed by atoms with E-state index in [0.717, 1.165) is 32.5 Å². The molecule has 5 nitrogen and oxygen atoms in total. The highest BCUT2D eigenvalue weighted by Gasteiger charge is 2.22. The second kappa shape index (κ2) is 8.32. The van der Waals surface area contributed by atoms with Crippen molar-refractivity contribution in [3.05, 3.63) is 18.0 Å². The molecule has 1 amide bonds. The fourth-order valence-electron chi connectivity index (χ4n) is 2.99. The Hall–Kier alpha value is -1.36. The van der Waals surface area contributed by atoms with E-state index in [2.05, 4.69) is 31.2 Å². The van der Waals surface area contributed by atoms with Gasteiger partial charge in [0.2, 0.25) is 0 Å². The van der Waals surface area contributed by atoms with Gasteiger partial charge in [-0.2, -0.15) is 5.10 Å². The third-order valence-corrected chi connectivity index (χ3v) is 4.36. The van der Waals surface area contributed by atoms with Crippen molar-refractivity contribution in [1.82, 2.24) is 20.0 Å². The van der Waals surface area contributed by atoms with Crippen LogP contribution in [0.4, 0.5) is 0 Å². The Labute approximate surface area is 134 Å². The van der Waals surface area contributed by atoms with Crippen LogP contribution in [0.1, 0.15) is 69.4 Å². The van der Waals surface area contributed by atoms with Crippen molar-refractivity contribution in [1.29, 1.82) is 0 Å². The van der Waals surface area contributed by atoms with Gasteiger partial charge >= 0.3 is 0 Å². The van der Waals surface area contributed by atoms with Gasteiger partial charge in [-0.1, -0.05) is 19.8 Å². The highest BCUT2D eigenvalue weighted by Crippen LogP contribution is 2.17. The summed E-state index contributed by atoms with van der Waals surface area (Å²) >= 11 is 0. The normalized spacial score (nSPS) is 18.6. The molecule has 1 N–H and O–H groups in total. The maximum atomic E-state index is 12.7. The fraction of sp³-hybridized carbons (Fsp3) is 0.765. The van der Waals surface area contributed by atoms with Crippen LogP contribution in [0.5, 0.6) is 0 Å². The van der Waals surface area contributed by atoms with E-state index >= 15 is 0 Å². The maximum absolute atomic E-state index is 12.7. The van der Waals surface area contributed by atoms with Gasteiger partial charge in [0.1, 0.15) is 5.69 Å². The molecular weight excluding hydrogens is 276 g/mol. The molecule has 1 aliphatic heterocycles. The van der Waals surface area contributed by atoms with Gasteiger partial charge in [0.15, 0.2) is 0 Å². The highest BCUT2D eigenvalue weighted by molar-refractivity contribution is 5.92. The zero-order chi connectivity index (χ0) is 15.9. The SMILES string of the molecule is CCCCCN(C(=O)c1ccn(C2CCCNC2)n1)C(C)C. The van der Waals surface area contributed by atoms with Gasteiger partial charge in [-0.05, 0) is 45.7 Å². The fourth-order valence-corrected chi connectivity index (χ4v) is 2.99. The van der Waals surface area contributed by atoms with Crippen LogP contribution in [0.3, 0.4) is 0 Å². The summed E-state index contributed by atoms with van der Waals surface area (Å²) in [6.45, 7) is 9.18. The van der Waals surface area contributed by atoms with Crippen molar-refractivity contribution in [2.24, 2.45) is 0 Å². The molecule has 0 aliphatic carbocycles. The number of unbranched alkanes of at least 4 members (excludes halogenated alkanes) is 2. The van der Waals surface area contributed by atoms with Gasteiger partial charge in [0.25, 0.3) is 5.91 Å². The number of rotatable bonds is 7. The number of amides is 1. The van der Waals surface area contributed by atoms with E-state index in [0.29, 0.717) is 11.7 Å². The van der Waals surface area contributed by atoms with Gasteiger partial charge in [-0.25, -0.2) is 0 Å². The molecule has 0 aromatic carbocycles. The molecular formula is C17H30N4O. The number of hydrogen-bond donors (Lipinski definition) is 1. The maximum Gasteiger partial charge on any atom is 0.274 e. The molecule has 1 fully saturated rings. The summed E-state index contributed by atoms with van der Waals surface area (Å²) in [4.78, 5) is 14.7. The lowest BCUT2D eigenvalue weighted by atomic mass is 10.1.